The molecule has 2 aromatic rings. The number of nitrogens with zero attached hydrogens (tertiary/aromatic N) is 2. The smallest absolute Gasteiger partial charge is 0.406 e. The SMILES string of the molecule is NCCOCCNC(=O)c1cncc(-c2ccc(OC(F)(F)F)cc2)n1. The third-order valence-corrected chi connectivity index (χ3v) is 3.04. The molecule has 10 heteroatoms. The van der Waals surface area contributed by atoms with Crippen LogP contribution in [0.25, 0.3) is 11.3 Å². The zero-order valence-corrected chi connectivity index (χ0v) is 13.6. The highest BCUT2D eigenvalue weighted by atomic mass is 19.4. The molecule has 0 atom stereocenters. The molecule has 0 bridgehead atoms. The molecule has 1 heterocycles. The van der Waals surface area contributed by atoms with Gasteiger partial charge in [0.2, 0.25) is 0 Å². The van der Waals surface area contributed by atoms with Crippen molar-refractivity contribution < 1.29 is 27.4 Å². The number of hydrogen-bond acceptors (Lipinski definition) is 6. The van der Waals surface area contributed by atoms with E-state index in [9.17, 15) is 18.0 Å². The first kappa shape index (κ1) is 19.6. The summed E-state index contributed by atoms with van der Waals surface area (Å²) in [6.07, 6.45) is -2.06. The third-order valence-electron chi connectivity index (χ3n) is 3.04. The zero-order chi connectivity index (χ0) is 19.0. The van der Waals surface area contributed by atoms with Gasteiger partial charge in [0.05, 0.1) is 31.3 Å². The molecule has 0 fully saturated rings. The lowest BCUT2D eigenvalue weighted by molar-refractivity contribution is -0.274. The van der Waals surface area contributed by atoms with Gasteiger partial charge in [-0.3, -0.25) is 9.78 Å². The van der Waals surface area contributed by atoms with E-state index in [1.165, 1.54) is 24.5 Å². The molecule has 0 unspecified atom stereocenters. The van der Waals surface area contributed by atoms with Crippen LogP contribution in [-0.4, -0.2) is 48.5 Å². The highest BCUT2D eigenvalue weighted by Gasteiger charge is 2.30. The van der Waals surface area contributed by atoms with E-state index < -0.39 is 12.3 Å². The molecule has 0 aliphatic heterocycles. The molecular weight excluding hydrogens is 353 g/mol. The van der Waals surface area contributed by atoms with Crippen molar-refractivity contribution in [3.63, 3.8) is 0 Å². The summed E-state index contributed by atoms with van der Waals surface area (Å²) < 4.78 is 45.5. The maximum atomic E-state index is 12.2. The Morgan fingerprint density at radius 2 is 1.88 bits per heavy atom. The summed E-state index contributed by atoms with van der Waals surface area (Å²) >= 11 is 0. The van der Waals surface area contributed by atoms with Gasteiger partial charge in [-0.1, -0.05) is 0 Å². The van der Waals surface area contributed by atoms with Gasteiger partial charge in [0.15, 0.2) is 0 Å². The predicted octanol–water partition coefficient (Wildman–Crippen LogP) is 1.75. The van der Waals surface area contributed by atoms with E-state index in [4.69, 9.17) is 10.5 Å². The number of halogens is 3. The number of nitrogens with two attached hydrogens (primary N) is 1. The Morgan fingerprint density at radius 1 is 1.15 bits per heavy atom. The van der Waals surface area contributed by atoms with E-state index in [1.54, 1.807) is 0 Å². The number of hydrogen-bond donors (Lipinski definition) is 2. The molecule has 3 N–H and O–H groups in total. The second kappa shape index (κ2) is 9.11. The minimum absolute atomic E-state index is 0.0805. The summed E-state index contributed by atoms with van der Waals surface area (Å²) in [5.41, 5.74) is 6.20. The Hall–Kier alpha value is -2.72. The zero-order valence-electron chi connectivity index (χ0n) is 13.6. The Kier molecular flexibility index (Phi) is 6.87. The number of benzene rings is 1. The summed E-state index contributed by atoms with van der Waals surface area (Å²) in [6.45, 7) is 1.40. The highest BCUT2D eigenvalue weighted by molar-refractivity contribution is 5.92. The first-order valence-corrected chi connectivity index (χ1v) is 7.63. The maximum absolute atomic E-state index is 12.2. The fraction of sp³-hybridized carbons (Fsp3) is 0.312. The number of aromatic nitrogens is 2. The molecular formula is C16H17F3N4O3. The van der Waals surface area contributed by atoms with Gasteiger partial charge < -0.3 is 20.5 Å². The Bertz CT molecular complexity index is 723. The van der Waals surface area contributed by atoms with Gasteiger partial charge in [-0.25, -0.2) is 4.98 Å². The summed E-state index contributed by atoms with van der Waals surface area (Å²) in [5, 5.41) is 2.62. The normalized spacial score (nSPS) is 11.2. The summed E-state index contributed by atoms with van der Waals surface area (Å²) in [7, 11) is 0. The van der Waals surface area contributed by atoms with Gasteiger partial charge in [0.1, 0.15) is 11.4 Å². The van der Waals surface area contributed by atoms with Gasteiger partial charge in [-0.05, 0) is 24.3 Å². The molecule has 1 aromatic heterocycles. The molecule has 1 amide bonds. The van der Waals surface area contributed by atoms with Crippen LogP contribution in [0.1, 0.15) is 10.5 Å². The molecule has 1 aromatic carbocycles. The highest BCUT2D eigenvalue weighted by Crippen LogP contribution is 2.25. The second-order valence-corrected chi connectivity index (χ2v) is 5.02. The Balaban J connectivity index is 2.00. The fourth-order valence-corrected chi connectivity index (χ4v) is 1.95. The lowest BCUT2D eigenvalue weighted by Crippen LogP contribution is -2.28. The number of rotatable bonds is 8. The molecule has 140 valence electrons. The van der Waals surface area contributed by atoms with E-state index in [2.05, 4.69) is 20.0 Å². The minimum Gasteiger partial charge on any atom is -0.406 e. The average molecular weight is 370 g/mol. The Morgan fingerprint density at radius 3 is 2.54 bits per heavy atom. The molecule has 2 rings (SSSR count). The number of carbonyl (C=O) groups excluding carboxylic acids is 1. The van der Waals surface area contributed by atoms with Gasteiger partial charge in [-0.2, -0.15) is 0 Å². The molecule has 0 saturated carbocycles. The van der Waals surface area contributed by atoms with Crippen molar-refractivity contribution in [3.05, 3.63) is 42.4 Å². The van der Waals surface area contributed by atoms with Gasteiger partial charge in [0.25, 0.3) is 5.91 Å². The van der Waals surface area contributed by atoms with Crippen LogP contribution in [-0.2, 0) is 4.74 Å². The summed E-state index contributed by atoms with van der Waals surface area (Å²) in [5.74, 6) is -0.784. The molecule has 0 aliphatic rings. The van der Waals surface area contributed by atoms with Crippen LogP contribution >= 0.6 is 0 Å². The van der Waals surface area contributed by atoms with Crippen LogP contribution in [0.15, 0.2) is 36.7 Å². The van der Waals surface area contributed by atoms with Gasteiger partial charge in [0, 0.05) is 18.7 Å². The van der Waals surface area contributed by atoms with E-state index in [-0.39, 0.29) is 18.0 Å². The number of alkyl halides is 3. The van der Waals surface area contributed by atoms with Gasteiger partial charge >= 0.3 is 6.36 Å². The lowest BCUT2D eigenvalue weighted by Gasteiger charge is -2.09. The van der Waals surface area contributed by atoms with Crippen LogP contribution < -0.4 is 15.8 Å². The molecule has 26 heavy (non-hydrogen) atoms. The number of carbonyl (C=O) groups is 1. The van der Waals surface area contributed by atoms with Crippen molar-refractivity contribution in [1.29, 1.82) is 0 Å². The monoisotopic (exact) mass is 370 g/mol. The van der Waals surface area contributed by atoms with Crippen LogP contribution in [0.3, 0.4) is 0 Å². The molecule has 7 nitrogen and oxygen atoms in total. The van der Waals surface area contributed by atoms with Crippen molar-refractivity contribution in [2.45, 2.75) is 6.36 Å². The summed E-state index contributed by atoms with van der Waals surface area (Å²) in [6, 6.07) is 5.11. The van der Waals surface area contributed by atoms with Crippen LogP contribution in [0.2, 0.25) is 0 Å². The third kappa shape index (κ3) is 6.30. The van der Waals surface area contributed by atoms with Crippen LogP contribution in [0.4, 0.5) is 13.2 Å². The molecule has 0 saturated heterocycles. The predicted molar refractivity (Wildman–Crippen MR) is 86.4 cm³/mol. The molecule has 0 aliphatic carbocycles. The van der Waals surface area contributed by atoms with Crippen molar-refractivity contribution in [2.75, 3.05) is 26.3 Å². The average Bonchev–Trinajstić information content (AvgIpc) is 2.61. The number of nitrogens with one attached hydrogen (secondary N) is 1. The van der Waals surface area contributed by atoms with Crippen LogP contribution in [0.5, 0.6) is 5.75 Å². The maximum Gasteiger partial charge on any atom is 0.573 e. The van der Waals surface area contributed by atoms with Crippen molar-refractivity contribution in [2.24, 2.45) is 5.73 Å². The standard InChI is InChI=1S/C16H17F3N4O3/c17-16(18,19)26-12-3-1-11(2-4-12)13-9-21-10-14(23-13)15(24)22-6-8-25-7-5-20/h1-4,9-10H,5-8,20H2,(H,22,24). The fourth-order valence-electron chi connectivity index (χ4n) is 1.95. The first-order chi connectivity index (χ1) is 12.4. The van der Waals surface area contributed by atoms with E-state index in [0.717, 1.165) is 12.1 Å². The van der Waals surface area contributed by atoms with Gasteiger partial charge in [-0.15, -0.1) is 13.2 Å². The summed E-state index contributed by atoms with van der Waals surface area (Å²) in [4.78, 5) is 20.1. The van der Waals surface area contributed by atoms with Crippen molar-refractivity contribution in [3.8, 4) is 17.0 Å². The second-order valence-electron chi connectivity index (χ2n) is 5.02. The Labute approximate surface area is 147 Å². The lowest BCUT2D eigenvalue weighted by atomic mass is 10.1. The minimum atomic E-state index is -4.76. The van der Waals surface area contributed by atoms with E-state index >= 15 is 0 Å². The quantitative estimate of drug-likeness (QED) is 0.687. The largest absolute Gasteiger partial charge is 0.573 e. The van der Waals surface area contributed by atoms with Crippen molar-refractivity contribution >= 4 is 5.91 Å². The first-order valence-electron chi connectivity index (χ1n) is 7.63. The number of amides is 1. The van der Waals surface area contributed by atoms with E-state index in [0.29, 0.717) is 31.0 Å². The topological polar surface area (TPSA) is 99.4 Å². The van der Waals surface area contributed by atoms with E-state index in [1.807, 2.05) is 0 Å². The van der Waals surface area contributed by atoms with Crippen LogP contribution in [0, 0.1) is 0 Å². The number of ether oxygens (including phenoxy) is 2. The van der Waals surface area contributed by atoms with Crippen molar-refractivity contribution in [1.82, 2.24) is 15.3 Å². The molecule has 0 radical (unpaired) electrons. The molecule has 0 spiro atoms.